The minimum absolute atomic E-state index is 0.154. The predicted octanol–water partition coefficient (Wildman–Crippen LogP) is -0.347. The zero-order valence-electron chi connectivity index (χ0n) is 10.4. The third kappa shape index (κ3) is 1.89. The molecular weight excluding hydrogens is 250 g/mol. The van der Waals surface area contributed by atoms with Gasteiger partial charge in [0.2, 0.25) is 0 Å². The van der Waals surface area contributed by atoms with Gasteiger partial charge in [-0.3, -0.25) is 4.68 Å². The lowest BCUT2D eigenvalue weighted by Crippen LogP contribution is -2.50. The molecule has 1 aliphatic rings. The summed E-state index contributed by atoms with van der Waals surface area (Å²) in [5, 5.41) is 14.1. The fourth-order valence-electron chi connectivity index (χ4n) is 2.24. The number of carbonyl (C=O) groups is 1. The highest BCUT2D eigenvalue weighted by atomic mass is 16.5. The monoisotopic (exact) mass is 263 g/mol. The van der Waals surface area contributed by atoms with Gasteiger partial charge in [-0.15, -0.1) is 0 Å². The topological polar surface area (TPSA) is 93.4 Å². The van der Waals surface area contributed by atoms with E-state index < -0.39 is 12.0 Å². The number of fused-ring (bicyclic) bond motifs is 1. The van der Waals surface area contributed by atoms with Crippen molar-refractivity contribution in [1.82, 2.24) is 19.7 Å². The normalized spacial score (nSPS) is 19.8. The number of aliphatic carboxylic acids is 1. The van der Waals surface area contributed by atoms with Gasteiger partial charge in [-0.2, -0.15) is 5.10 Å². The Kier molecular flexibility index (Phi) is 2.79. The molecule has 1 saturated heterocycles. The lowest BCUT2D eigenvalue weighted by Gasteiger charge is -2.33. The smallest absolute Gasteiger partial charge is 0.328 e. The Morgan fingerprint density at radius 1 is 1.53 bits per heavy atom. The second-order valence-electron chi connectivity index (χ2n) is 4.33. The van der Waals surface area contributed by atoms with Crippen molar-refractivity contribution in [1.29, 1.82) is 0 Å². The first kappa shape index (κ1) is 11.8. The first-order valence-corrected chi connectivity index (χ1v) is 5.88. The molecule has 1 N–H and O–H groups in total. The van der Waals surface area contributed by atoms with E-state index in [1.165, 1.54) is 6.33 Å². The van der Waals surface area contributed by atoms with Gasteiger partial charge in [0.1, 0.15) is 12.1 Å². The zero-order valence-corrected chi connectivity index (χ0v) is 10.4. The van der Waals surface area contributed by atoms with E-state index in [1.807, 2.05) is 0 Å². The molecule has 3 rings (SSSR count). The number of anilines is 1. The molecule has 0 amide bonds. The van der Waals surface area contributed by atoms with Crippen molar-refractivity contribution < 1.29 is 14.6 Å². The van der Waals surface area contributed by atoms with Gasteiger partial charge in [0.15, 0.2) is 11.7 Å². The van der Waals surface area contributed by atoms with Crippen molar-refractivity contribution in [3.63, 3.8) is 0 Å². The second kappa shape index (κ2) is 4.47. The standard InChI is InChI=1S/C11H13N5O3/c1-15-9-7(4-14-15)10(13-6-12-9)16-2-3-19-5-8(16)11(17)18/h4,6,8H,2-3,5H2,1H3,(H,17,18). The number of aryl methyl sites for hydroxylation is 1. The molecule has 0 radical (unpaired) electrons. The summed E-state index contributed by atoms with van der Waals surface area (Å²) in [6.07, 6.45) is 3.08. The summed E-state index contributed by atoms with van der Waals surface area (Å²) < 4.78 is 6.86. The number of nitrogens with zero attached hydrogens (tertiary/aromatic N) is 5. The van der Waals surface area contributed by atoms with Crippen LogP contribution in [0.25, 0.3) is 11.0 Å². The molecule has 0 aliphatic carbocycles. The molecular formula is C11H13N5O3. The van der Waals surface area contributed by atoms with Crippen LogP contribution in [0.3, 0.4) is 0 Å². The number of carboxylic acids is 1. The molecule has 1 fully saturated rings. The summed E-state index contributed by atoms with van der Waals surface area (Å²) in [7, 11) is 1.78. The molecule has 3 heterocycles. The molecule has 2 aromatic heterocycles. The number of hydrogen-bond donors (Lipinski definition) is 1. The first-order chi connectivity index (χ1) is 9.18. The van der Waals surface area contributed by atoms with Crippen molar-refractivity contribution in [2.75, 3.05) is 24.7 Å². The van der Waals surface area contributed by atoms with Gasteiger partial charge in [-0.05, 0) is 0 Å². The molecule has 2 aromatic rings. The van der Waals surface area contributed by atoms with E-state index in [4.69, 9.17) is 4.74 Å². The van der Waals surface area contributed by atoms with E-state index in [9.17, 15) is 9.90 Å². The van der Waals surface area contributed by atoms with Crippen LogP contribution in [0.1, 0.15) is 0 Å². The van der Waals surface area contributed by atoms with Gasteiger partial charge in [0.25, 0.3) is 0 Å². The first-order valence-electron chi connectivity index (χ1n) is 5.88. The minimum atomic E-state index is -0.921. The van der Waals surface area contributed by atoms with Crippen LogP contribution in [0, 0.1) is 0 Å². The number of carboxylic acid groups (broad SMARTS) is 1. The summed E-state index contributed by atoms with van der Waals surface area (Å²) >= 11 is 0. The van der Waals surface area contributed by atoms with Gasteiger partial charge in [-0.1, -0.05) is 0 Å². The average Bonchev–Trinajstić information content (AvgIpc) is 2.81. The summed E-state index contributed by atoms with van der Waals surface area (Å²) in [4.78, 5) is 21.4. The number of aromatic nitrogens is 4. The quantitative estimate of drug-likeness (QED) is 0.791. The fourth-order valence-corrected chi connectivity index (χ4v) is 2.24. The highest BCUT2D eigenvalue weighted by Crippen LogP contribution is 2.25. The third-order valence-corrected chi connectivity index (χ3v) is 3.19. The summed E-state index contributed by atoms with van der Waals surface area (Å²) in [6, 6.07) is -0.730. The molecule has 100 valence electrons. The minimum Gasteiger partial charge on any atom is -0.480 e. The van der Waals surface area contributed by atoms with E-state index in [2.05, 4.69) is 15.1 Å². The van der Waals surface area contributed by atoms with Crippen molar-refractivity contribution in [2.24, 2.45) is 7.05 Å². The third-order valence-electron chi connectivity index (χ3n) is 3.19. The number of hydrogen-bond acceptors (Lipinski definition) is 6. The van der Waals surface area contributed by atoms with Crippen LogP contribution in [0.15, 0.2) is 12.5 Å². The van der Waals surface area contributed by atoms with E-state index in [0.717, 1.165) is 5.39 Å². The molecule has 0 spiro atoms. The maximum absolute atomic E-state index is 11.3. The van der Waals surface area contributed by atoms with Crippen molar-refractivity contribution in [2.45, 2.75) is 6.04 Å². The Morgan fingerprint density at radius 3 is 3.16 bits per heavy atom. The Bertz CT molecular complexity index is 626. The van der Waals surface area contributed by atoms with E-state index in [1.54, 1.807) is 22.8 Å². The van der Waals surface area contributed by atoms with Crippen LogP contribution in [-0.4, -0.2) is 56.6 Å². The molecule has 0 saturated carbocycles. The molecule has 0 bridgehead atoms. The largest absolute Gasteiger partial charge is 0.480 e. The molecule has 1 aliphatic heterocycles. The molecule has 1 atom stereocenters. The molecule has 8 nitrogen and oxygen atoms in total. The van der Waals surface area contributed by atoms with Crippen molar-refractivity contribution in [3.8, 4) is 0 Å². The molecule has 1 unspecified atom stereocenters. The van der Waals surface area contributed by atoms with Crippen LogP contribution < -0.4 is 4.90 Å². The van der Waals surface area contributed by atoms with Crippen LogP contribution in [-0.2, 0) is 16.6 Å². The lowest BCUT2D eigenvalue weighted by molar-refractivity contribution is -0.141. The Balaban J connectivity index is 2.09. The summed E-state index contributed by atoms with van der Waals surface area (Å²) in [5.74, 6) is -0.329. The Hall–Kier alpha value is -2.22. The number of morpholine rings is 1. The zero-order chi connectivity index (χ0) is 13.4. The van der Waals surface area contributed by atoms with E-state index in [-0.39, 0.29) is 6.61 Å². The van der Waals surface area contributed by atoms with E-state index in [0.29, 0.717) is 24.6 Å². The maximum Gasteiger partial charge on any atom is 0.328 e. The SMILES string of the molecule is Cn1ncc2c(N3CCOCC3C(=O)O)ncnc21. The number of rotatable bonds is 2. The number of ether oxygens (including phenoxy) is 1. The highest BCUT2D eigenvalue weighted by molar-refractivity contribution is 5.89. The average molecular weight is 263 g/mol. The maximum atomic E-state index is 11.3. The van der Waals surface area contributed by atoms with Gasteiger partial charge in [0.05, 0.1) is 24.8 Å². The molecule has 19 heavy (non-hydrogen) atoms. The van der Waals surface area contributed by atoms with Crippen LogP contribution >= 0.6 is 0 Å². The van der Waals surface area contributed by atoms with Gasteiger partial charge in [0, 0.05) is 13.6 Å². The van der Waals surface area contributed by atoms with Gasteiger partial charge >= 0.3 is 5.97 Å². The van der Waals surface area contributed by atoms with Crippen molar-refractivity contribution >= 4 is 22.8 Å². The predicted molar refractivity (Wildman–Crippen MR) is 65.9 cm³/mol. The van der Waals surface area contributed by atoms with Crippen LogP contribution in [0.5, 0.6) is 0 Å². The lowest BCUT2D eigenvalue weighted by atomic mass is 10.2. The fraction of sp³-hybridized carbons (Fsp3) is 0.455. The molecule has 8 heteroatoms. The van der Waals surface area contributed by atoms with E-state index >= 15 is 0 Å². The summed E-state index contributed by atoms with van der Waals surface area (Å²) in [6.45, 7) is 1.12. The van der Waals surface area contributed by atoms with Crippen LogP contribution in [0.2, 0.25) is 0 Å². The highest BCUT2D eigenvalue weighted by Gasteiger charge is 2.31. The Labute approximate surface area is 108 Å². The second-order valence-corrected chi connectivity index (χ2v) is 4.33. The van der Waals surface area contributed by atoms with Crippen molar-refractivity contribution in [3.05, 3.63) is 12.5 Å². The molecule has 0 aromatic carbocycles. The summed E-state index contributed by atoms with van der Waals surface area (Å²) in [5.41, 5.74) is 0.681. The van der Waals surface area contributed by atoms with Gasteiger partial charge in [-0.25, -0.2) is 14.8 Å². The Morgan fingerprint density at radius 2 is 2.37 bits per heavy atom. The van der Waals surface area contributed by atoms with Crippen LogP contribution in [0.4, 0.5) is 5.82 Å². The van der Waals surface area contributed by atoms with Gasteiger partial charge < -0.3 is 14.7 Å².